The first-order valence-electron chi connectivity index (χ1n) is 5.65. The number of rotatable bonds is 2. The van der Waals surface area contributed by atoms with Gasteiger partial charge in [0.25, 0.3) is 5.91 Å². The molecule has 4 nitrogen and oxygen atoms in total. The average Bonchev–Trinajstić information content (AvgIpc) is 2.49. The van der Waals surface area contributed by atoms with Gasteiger partial charge in [0.1, 0.15) is 0 Å². The molecule has 0 fully saturated rings. The van der Waals surface area contributed by atoms with E-state index in [-0.39, 0.29) is 5.91 Å². The Bertz CT molecular complexity index is 625. The number of hydrogen-bond acceptors (Lipinski definition) is 3. The van der Waals surface area contributed by atoms with Gasteiger partial charge in [-0.1, -0.05) is 24.1 Å². The van der Waals surface area contributed by atoms with Crippen molar-refractivity contribution in [2.75, 3.05) is 0 Å². The number of hydrazone groups is 1. The van der Waals surface area contributed by atoms with Gasteiger partial charge in [-0.3, -0.25) is 9.78 Å². The molecular weight excluding hydrogens is 238 g/mol. The van der Waals surface area contributed by atoms with E-state index >= 15 is 0 Å². The summed E-state index contributed by atoms with van der Waals surface area (Å²) in [4.78, 5) is 15.4. The summed E-state index contributed by atoms with van der Waals surface area (Å²) in [5.41, 5.74) is 3.79. The molecule has 0 atom stereocenters. The van der Waals surface area contributed by atoms with E-state index in [1.165, 1.54) is 6.21 Å². The standard InChI is InChI=1S/C15H11N3O/c19-15(14-8-11-16-12-9-14)18-17-10-4-7-13-5-2-1-3-6-13/h1-3,5-6,8-12H,(H,18,19). The Labute approximate surface area is 111 Å². The van der Waals surface area contributed by atoms with Crippen molar-refractivity contribution in [2.24, 2.45) is 5.10 Å². The quantitative estimate of drug-likeness (QED) is 0.501. The smallest absolute Gasteiger partial charge is 0.267 e. The van der Waals surface area contributed by atoms with Crippen LogP contribution >= 0.6 is 0 Å². The lowest BCUT2D eigenvalue weighted by molar-refractivity contribution is 0.0955. The Morgan fingerprint density at radius 2 is 1.89 bits per heavy atom. The number of hydrogen-bond donors (Lipinski definition) is 1. The lowest BCUT2D eigenvalue weighted by Crippen LogP contribution is -2.17. The Kier molecular flexibility index (Phi) is 4.43. The zero-order valence-electron chi connectivity index (χ0n) is 10.1. The minimum atomic E-state index is -0.292. The van der Waals surface area contributed by atoms with Gasteiger partial charge >= 0.3 is 0 Å². The van der Waals surface area contributed by atoms with Crippen molar-refractivity contribution in [1.29, 1.82) is 0 Å². The molecule has 0 radical (unpaired) electrons. The van der Waals surface area contributed by atoms with Crippen molar-refractivity contribution < 1.29 is 4.79 Å². The molecule has 0 spiro atoms. The van der Waals surface area contributed by atoms with Crippen LogP contribution in [0, 0.1) is 11.8 Å². The zero-order valence-corrected chi connectivity index (χ0v) is 10.1. The molecular formula is C15H11N3O. The van der Waals surface area contributed by atoms with E-state index in [1.807, 2.05) is 30.3 Å². The number of nitrogens with one attached hydrogen (secondary N) is 1. The number of carbonyl (C=O) groups is 1. The highest BCUT2D eigenvalue weighted by atomic mass is 16.2. The molecule has 0 saturated carbocycles. The average molecular weight is 249 g/mol. The molecule has 0 aliphatic carbocycles. The van der Waals surface area contributed by atoms with Gasteiger partial charge in [0, 0.05) is 23.5 Å². The van der Waals surface area contributed by atoms with Gasteiger partial charge in [-0.15, -0.1) is 0 Å². The summed E-state index contributed by atoms with van der Waals surface area (Å²) in [6.07, 6.45) is 4.45. The lowest BCUT2D eigenvalue weighted by Gasteiger charge is -1.96. The van der Waals surface area contributed by atoms with Crippen LogP contribution < -0.4 is 5.43 Å². The minimum absolute atomic E-state index is 0.292. The van der Waals surface area contributed by atoms with E-state index in [0.29, 0.717) is 5.56 Å². The number of pyridine rings is 1. The lowest BCUT2D eigenvalue weighted by atomic mass is 10.2. The number of aromatic nitrogens is 1. The van der Waals surface area contributed by atoms with Crippen LogP contribution in [0.2, 0.25) is 0 Å². The Hall–Kier alpha value is -2.93. The predicted octanol–water partition coefficient (Wildman–Crippen LogP) is 1.85. The molecule has 92 valence electrons. The van der Waals surface area contributed by atoms with Crippen molar-refractivity contribution in [2.45, 2.75) is 0 Å². The van der Waals surface area contributed by atoms with Crippen LogP contribution in [0.5, 0.6) is 0 Å². The first-order valence-corrected chi connectivity index (χ1v) is 5.65. The Morgan fingerprint density at radius 1 is 1.16 bits per heavy atom. The third kappa shape index (κ3) is 4.10. The summed E-state index contributed by atoms with van der Waals surface area (Å²) in [7, 11) is 0. The van der Waals surface area contributed by atoms with E-state index in [9.17, 15) is 4.79 Å². The maximum Gasteiger partial charge on any atom is 0.271 e. The largest absolute Gasteiger partial charge is 0.271 e. The second-order valence-corrected chi connectivity index (χ2v) is 3.57. The van der Waals surface area contributed by atoms with Crippen LogP contribution in [0.3, 0.4) is 0 Å². The van der Waals surface area contributed by atoms with Crippen LogP contribution in [-0.2, 0) is 0 Å². The molecule has 0 aliphatic heterocycles. The molecule has 2 rings (SSSR count). The summed E-state index contributed by atoms with van der Waals surface area (Å²) in [5, 5.41) is 3.74. The highest BCUT2D eigenvalue weighted by Crippen LogP contribution is 1.95. The van der Waals surface area contributed by atoms with Crippen molar-refractivity contribution in [3.05, 3.63) is 66.0 Å². The SMILES string of the molecule is O=C(NN=CC#Cc1ccccc1)c1ccncc1. The molecule has 1 amide bonds. The van der Waals surface area contributed by atoms with Crippen molar-refractivity contribution in [3.8, 4) is 11.8 Å². The molecule has 0 saturated heterocycles. The molecule has 0 aliphatic rings. The summed E-state index contributed by atoms with van der Waals surface area (Å²) in [6.45, 7) is 0. The normalized spacial score (nSPS) is 9.68. The molecule has 0 bridgehead atoms. The summed E-state index contributed by atoms with van der Waals surface area (Å²) in [5.74, 6) is 5.35. The predicted molar refractivity (Wildman–Crippen MR) is 73.5 cm³/mol. The van der Waals surface area contributed by atoms with Crippen LogP contribution in [0.25, 0.3) is 0 Å². The molecule has 1 aromatic heterocycles. The van der Waals surface area contributed by atoms with Crippen molar-refractivity contribution in [3.63, 3.8) is 0 Å². The minimum Gasteiger partial charge on any atom is -0.267 e. The van der Waals surface area contributed by atoms with E-state index in [1.54, 1.807) is 24.5 Å². The molecule has 2 aromatic rings. The van der Waals surface area contributed by atoms with E-state index in [4.69, 9.17) is 0 Å². The second kappa shape index (κ2) is 6.72. The molecule has 1 aromatic carbocycles. The molecule has 1 heterocycles. The maximum atomic E-state index is 11.6. The van der Waals surface area contributed by atoms with Crippen LogP contribution in [0.4, 0.5) is 0 Å². The maximum absolute atomic E-state index is 11.6. The van der Waals surface area contributed by atoms with Gasteiger partial charge in [-0.25, -0.2) is 5.43 Å². The van der Waals surface area contributed by atoms with Crippen LogP contribution in [0.1, 0.15) is 15.9 Å². The van der Waals surface area contributed by atoms with E-state index in [2.05, 4.69) is 27.4 Å². The fraction of sp³-hybridized carbons (Fsp3) is 0. The van der Waals surface area contributed by atoms with Gasteiger partial charge in [0.05, 0.1) is 6.21 Å². The highest BCUT2D eigenvalue weighted by molar-refractivity contribution is 5.94. The number of carbonyl (C=O) groups excluding carboxylic acids is 1. The van der Waals surface area contributed by atoms with Crippen LogP contribution in [0.15, 0.2) is 60.0 Å². The van der Waals surface area contributed by atoms with Crippen LogP contribution in [-0.4, -0.2) is 17.1 Å². The first kappa shape index (κ1) is 12.5. The molecule has 19 heavy (non-hydrogen) atoms. The highest BCUT2D eigenvalue weighted by Gasteiger charge is 2.01. The molecule has 4 heteroatoms. The van der Waals surface area contributed by atoms with Crippen molar-refractivity contribution in [1.82, 2.24) is 10.4 Å². The second-order valence-electron chi connectivity index (χ2n) is 3.57. The Balaban J connectivity index is 1.88. The summed E-state index contributed by atoms with van der Waals surface area (Å²) >= 11 is 0. The van der Waals surface area contributed by atoms with Gasteiger partial charge in [-0.2, -0.15) is 5.10 Å². The molecule has 0 unspecified atom stereocenters. The monoisotopic (exact) mass is 249 g/mol. The van der Waals surface area contributed by atoms with Gasteiger partial charge < -0.3 is 0 Å². The van der Waals surface area contributed by atoms with Crippen molar-refractivity contribution >= 4 is 12.1 Å². The Morgan fingerprint density at radius 3 is 2.63 bits per heavy atom. The third-order valence-electron chi connectivity index (χ3n) is 2.23. The third-order valence-corrected chi connectivity index (χ3v) is 2.23. The van der Waals surface area contributed by atoms with E-state index in [0.717, 1.165) is 5.56 Å². The first-order chi connectivity index (χ1) is 9.36. The number of amides is 1. The number of nitrogens with zero attached hydrogens (tertiary/aromatic N) is 2. The number of benzene rings is 1. The fourth-order valence-corrected chi connectivity index (χ4v) is 1.33. The van der Waals surface area contributed by atoms with Gasteiger partial charge in [-0.05, 0) is 30.2 Å². The zero-order chi connectivity index (χ0) is 13.3. The van der Waals surface area contributed by atoms with Gasteiger partial charge in [0.2, 0.25) is 0 Å². The van der Waals surface area contributed by atoms with Gasteiger partial charge in [0.15, 0.2) is 0 Å². The topological polar surface area (TPSA) is 54.4 Å². The summed E-state index contributed by atoms with van der Waals surface area (Å²) < 4.78 is 0. The molecule has 1 N–H and O–H groups in total. The fourth-order valence-electron chi connectivity index (χ4n) is 1.33. The summed E-state index contributed by atoms with van der Waals surface area (Å²) in [6, 6.07) is 12.8. The van der Waals surface area contributed by atoms with E-state index < -0.39 is 0 Å².